The van der Waals surface area contributed by atoms with E-state index < -0.39 is 0 Å². The summed E-state index contributed by atoms with van der Waals surface area (Å²) in [4.78, 5) is 2.36. The van der Waals surface area contributed by atoms with Gasteiger partial charge in [0.15, 0.2) is 11.6 Å². The lowest BCUT2D eigenvalue weighted by Crippen LogP contribution is -2.13. The van der Waals surface area contributed by atoms with E-state index in [0.717, 1.165) is 17.9 Å². The molecule has 1 aliphatic rings. The molecule has 2 aromatic rings. The first-order valence-corrected chi connectivity index (χ1v) is 6.23. The van der Waals surface area contributed by atoms with Gasteiger partial charge in [0.1, 0.15) is 0 Å². The Morgan fingerprint density at radius 2 is 2.28 bits per heavy atom. The number of likely N-dealkylation sites (N-methyl/N-ethyl adjacent to an activating group) is 1. The van der Waals surface area contributed by atoms with E-state index in [9.17, 15) is 0 Å². The Morgan fingerprint density at radius 1 is 1.39 bits per heavy atom. The summed E-state index contributed by atoms with van der Waals surface area (Å²) in [6.07, 6.45) is 1.22. The van der Waals surface area contributed by atoms with Crippen molar-refractivity contribution < 1.29 is 4.52 Å². The minimum atomic E-state index is 0.427. The lowest BCUT2D eigenvalue weighted by Gasteiger charge is -2.11. The second-order valence-corrected chi connectivity index (χ2v) is 4.99. The summed E-state index contributed by atoms with van der Waals surface area (Å²) >= 11 is 0. The Hall–Kier alpha value is -1.81. The second kappa shape index (κ2) is 4.46. The molecule has 1 aromatic carbocycles. The topological polar surface area (TPSA) is 55.3 Å². The molecule has 0 spiro atoms. The highest BCUT2D eigenvalue weighted by Gasteiger charge is 2.21. The van der Waals surface area contributed by atoms with E-state index in [2.05, 4.69) is 35.3 Å². The van der Waals surface area contributed by atoms with Gasteiger partial charge in [0, 0.05) is 18.2 Å². The van der Waals surface area contributed by atoms with Crippen LogP contribution in [0.5, 0.6) is 0 Å². The zero-order chi connectivity index (χ0) is 12.5. The number of aromatic nitrogens is 1. The first kappa shape index (κ1) is 11.3. The van der Waals surface area contributed by atoms with Gasteiger partial charge in [-0.25, -0.2) is 0 Å². The van der Waals surface area contributed by atoms with E-state index in [1.165, 1.54) is 18.5 Å². The molecule has 3 rings (SSSR count). The molecular weight excluding hydrogens is 226 g/mol. The zero-order valence-electron chi connectivity index (χ0n) is 10.5. The van der Waals surface area contributed by atoms with Gasteiger partial charge in [-0.15, -0.1) is 0 Å². The number of nitrogens with zero attached hydrogens (tertiary/aromatic N) is 2. The fraction of sp³-hybridized carbons (Fsp3) is 0.357. The number of anilines is 1. The van der Waals surface area contributed by atoms with Gasteiger partial charge in [0.25, 0.3) is 0 Å². The van der Waals surface area contributed by atoms with E-state index in [0.29, 0.717) is 11.7 Å². The Bertz CT molecular complexity index is 549. The lowest BCUT2D eigenvalue weighted by atomic mass is 9.96. The van der Waals surface area contributed by atoms with Gasteiger partial charge < -0.3 is 15.2 Å². The summed E-state index contributed by atoms with van der Waals surface area (Å²) in [6.45, 7) is 2.30. The maximum absolute atomic E-state index is 5.58. The van der Waals surface area contributed by atoms with Crippen LogP contribution in [0.25, 0.3) is 11.3 Å². The van der Waals surface area contributed by atoms with Crippen LogP contribution in [0.15, 0.2) is 34.9 Å². The highest BCUT2D eigenvalue weighted by Crippen LogP contribution is 2.30. The van der Waals surface area contributed by atoms with Crippen LogP contribution in [-0.4, -0.2) is 30.2 Å². The van der Waals surface area contributed by atoms with Crippen molar-refractivity contribution in [2.75, 3.05) is 25.9 Å². The van der Waals surface area contributed by atoms with Gasteiger partial charge in [-0.1, -0.05) is 23.4 Å². The van der Waals surface area contributed by atoms with Crippen molar-refractivity contribution in [1.29, 1.82) is 0 Å². The molecule has 0 aliphatic carbocycles. The maximum Gasteiger partial charge on any atom is 0.169 e. The molecule has 1 fully saturated rings. The summed E-state index contributed by atoms with van der Waals surface area (Å²) in [5.41, 5.74) is 8.00. The van der Waals surface area contributed by atoms with Crippen LogP contribution < -0.4 is 5.73 Å². The molecule has 1 atom stereocenters. The van der Waals surface area contributed by atoms with Crippen molar-refractivity contribution >= 4 is 5.82 Å². The largest absolute Gasteiger partial charge is 0.381 e. The quantitative estimate of drug-likeness (QED) is 0.879. The van der Waals surface area contributed by atoms with Crippen molar-refractivity contribution in [2.24, 2.45) is 0 Å². The smallest absolute Gasteiger partial charge is 0.169 e. The zero-order valence-corrected chi connectivity index (χ0v) is 10.5. The Balaban J connectivity index is 1.89. The van der Waals surface area contributed by atoms with E-state index in [1.54, 1.807) is 6.07 Å². The minimum Gasteiger partial charge on any atom is -0.381 e. The third-order valence-corrected chi connectivity index (χ3v) is 3.56. The van der Waals surface area contributed by atoms with Crippen molar-refractivity contribution in [2.45, 2.75) is 12.3 Å². The molecule has 94 valence electrons. The number of likely N-dealkylation sites (tertiary alicyclic amines) is 1. The molecule has 0 radical (unpaired) electrons. The van der Waals surface area contributed by atoms with Gasteiger partial charge in [0.05, 0.1) is 0 Å². The average Bonchev–Trinajstić information content (AvgIpc) is 2.98. The maximum atomic E-state index is 5.58. The van der Waals surface area contributed by atoms with Crippen LogP contribution in [0, 0.1) is 0 Å². The van der Waals surface area contributed by atoms with Gasteiger partial charge in [-0.2, -0.15) is 0 Å². The van der Waals surface area contributed by atoms with Crippen molar-refractivity contribution in [1.82, 2.24) is 10.1 Å². The summed E-state index contributed by atoms with van der Waals surface area (Å²) in [5, 5.41) is 3.73. The second-order valence-electron chi connectivity index (χ2n) is 4.99. The number of rotatable bonds is 2. The first-order chi connectivity index (χ1) is 8.72. The van der Waals surface area contributed by atoms with Crippen molar-refractivity contribution in [3.63, 3.8) is 0 Å². The molecule has 2 heterocycles. The Labute approximate surface area is 106 Å². The van der Waals surface area contributed by atoms with E-state index in [1.807, 2.05) is 6.07 Å². The van der Waals surface area contributed by atoms with E-state index >= 15 is 0 Å². The van der Waals surface area contributed by atoms with Gasteiger partial charge in [0.2, 0.25) is 0 Å². The first-order valence-electron chi connectivity index (χ1n) is 6.23. The van der Waals surface area contributed by atoms with Crippen LogP contribution in [0.1, 0.15) is 17.9 Å². The molecule has 0 saturated carbocycles. The predicted molar refractivity (Wildman–Crippen MR) is 71.2 cm³/mol. The summed E-state index contributed by atoms with van der Waals surface area (Å²) in [7, 11) is 2.17. The van der Waals surface area contributed by atoms with E-state index in [-0.39, 0.29) is 0 Å². The standard InChI is InChI=1S/C14H17N3O/c1-17-6-5-12(9-17)10-3-2-4-11(7-10)13-8-14(15)16-18-13/h2-4,7-8,12H,5-6,9H2,1H3,(H2,15,16). The molecule has 1 unspecified atom stereocenters. The van der Waals surface area contributed by atoms with Gasteiger partial charge >= 0.3 is 0 Å². The normalized spacial score (nSPS) is 20.4. The summed E-state index contributed by atoms with van der Waals surface area (Å²) < 4.78 is 5.20. The SMILES string of the molecule is CN1CCC(c2cccc(-c3cc(N)no3)c2)C1. The average molecular weight is 243 g/mol. The fourth-order valence-corrected chi connectivity index (χ4v) is 2.58. The number of nitrogens with two attached hydrogens (primary N) is 1. The molecule has 2 N–H and O–H groups in total. The number of hydrogen-bond acceptors (Lipinski definition) is 4. The van der Waals surface area contributed by atoms with Crippen LogP contribution >= 0.6 is 0 Å². The Kier molecular flexibility index (Phi) is 2.80. The van der Waals surface area contributed by atoms with Crippen molar-refractivity contribution in [3.8, 4) is 11.3 Å². The van der Waals surface area contributed by atoms with Crippen LogP contribution in [0.2, 0.25) is 0 Å². The minimum absolute atomic E-state index is 0.427. The molecule has 1 saturated heterocycles. The van der Waals surface area contributed by atoms with Gasteiger partial charge in [-0.3, -0.25) is 0 Å². The molecule has 18 heavy (non-hydrogen) atoms. The molecular formula is C14H17N3O. The highest BCUT2D eigenvalue weighted by atomic mass is 16.5. The number of benzene rings is 1. The Morgan fingerprint density at radius 3 is 2.94 bits per heavy atom. The van der Waals surface area contributed by atoms with E-state index in [4.69, 9.17) is 10.3 Å². The third kappa shape index (κ3) is 2.11. The van der Waals surface area contributed by atoms with Crippen molar-refractivity contribution in [3.05, 3.63) is 35.9 Å². The molecule has 1 aromatic heterocycles. The molecule has 0 bridgehead atoms. The number of nitrogen functional groups attached to an aromatic ring is 1. The number of hydrogen-bond donors (Lipinski definition) is 1. The summed E-state index contributed by atoms with van der Waals surface area (Å²) in [5.74, 6) is 1.78. The fourth-order valence-electron chi connectivity index (χ4n) is 2.58. The van der Waals surface area contributed by atoms with Crippen LogP contribution in [0.4, 0.5) is 5.82 Å². The van der Waals surface area contributed by atoms with Crippen LogP contribution in [-0.2, 0) is 0 Å². The van der Waals surface area contributed by atoms with Gasteiger partial charge in [-0.05, 0) is 37.6 Å². The molecule has 0 amide bonds. The predicted octanol–water partition coefficient (Wildman–Crippen LogP) is 2.34. The monoisotopic (exact) mass is 243 g/mol. The third-order valence-electron chi connectivity index (χ3n) is 3.56. The van der Waals surface area contributed by atoms with Crippen LogP contribution in [0.3, 0.4) is 0 Å². The molecule has 4 heteroatoms. The molecule has 1 aliphatic heterocycles. The highest BCUT2D eigenvalue weighted by molar-refractivity contribution is 5.61. The summed E-state index contributed by atoms with van der Waals surface area (Å²) in [6, 6.07) is 10.2. The lowest BCUT2D eigenvalue weighted by molar-refractivity contribution is 0.411. The molecule has 4 nitrogen and oxygen atoms in total.